The van der Waals surface area contributed by atoms with Crippen LogP contribution in [0.1, 0.15) is 36.5 Å². The number of hydrogen-bond acceptors (Lipinski definition) is 4. The van der Waals surface area contributed by atoms with E-state index in [0.717, 1.165) is 35.8 Å². The minimum Gasteiger partial charge on any atom is -0.492 e. The van der Waals surface area contributed by atoms with E-state index in [0.29, 0.717) is 31.8 Å². The van der Waals surface area contributed by atoms with Gasteiger partial charge in [0.05, 0.1) is 6.26 Å². The van der Waals surface area contributed by atoms with Crippen molar-refractivity contribution in [2.45, 2.75) is 51.5 Å². The molecular formula is C22H26F2N2O3S. The molecule has 1 aliphatic carbocycles. The van der Waals surface area contributed by atoms with Gasteiger partial charge < -0.3 is 4.74 Å². The van der Waals surface area contributed by atoms with Crippen molar-refractivity contribution < 1.29 is 21.9 Å². The van der Waals surface area contributed by atoms with E-state index in [2.05, 4.69) is 4.90 Å². The molecule has 2 aromatic rings. The lowest BCUT2D eigenvalue weighted by atomic mass is 10.1. The fourth-order valence-electron chi connectivity index (χ4n) is 3.89. The molecule has 0 unspecified atom stereocenters. The highest BCUT2D eigenvalue weighted by Crippen LogP contribution is 2.32. The molecule has 30 heavy (non-hydrogen) atoms. The van der Waals surface area contributed by atoms with Gasteiger partial charge in [0.25, 0.3) is 0 Å². The van der Waals surface area contributed by atoms with Crippen molar-refractivity contribution >= 4 is 10.0 Å². The molecule has 0 radical (unpaired) electrons. The Kier molecular flexibility index (Phi) is 5.83. The molecule has 4 rings (SSSR count). The van der Waals surface area contributed by atoms with Crippen LogP contribution in [0.5, 0.6) is 5.75 Å². The molecule has 1 heterocycles. The summed E-state index contributed by atoms with van der Waals surface area (Å²) in [6, 6.07) is 9.47. The number of rotatable bonds is 6. The van der Waals surface area contributed by atoms with E-state index < -0.39 is 21.7 Å². The lowest BCUT2D eigenvalue weighted by molar-refractivity contribution is 0.151. The summed E-state index contributed by atoms with van der Waals surface area (Å²) in [5.74, 6) is -0.421. The van der Waals surface area contributed by atoms with Gasteiger partial charge in [-0.15, -0.1) is 0 Å². The van der Waals surface area contributed by atoms with Crippen molar-refractivity contribution in [1.29, 1.82) is 0 Å². The van der Waals surface area contributed by atoms with Crippen molar-refractivity contribution in [3.8, 4) is 5.75 Å². The van der Waals surface area contributed by atoms with Crippen LogP contribution in [0, 0.1) is 11.6 Å². The number of halogens is 2. The van der Waals surface area contributed by atoms with E-state index in [1.54, 1.807) is 4.31 Å². The summed E-state index contributed by atoms with van der Waals surface area (Å²) < 4.78 is 59.0. The number of nitrogens with zero attached hydrogens (tertiary/aromatic N) is 2. The lowest BCUT2D eigenvalue weighted by Gasteiger charge is -2.26. The van der Waals surface area contributed by atoms with E-state index >= 15 is 0 Å². The normalized spacial score (nSPS) is 20.0. The Morgan fingerprint density at radius 3 is 2.43 bits per heavy atom. The van der Waals surface area contributed by atoms with Gasteiger partial charge in [-0.25, -0.2) is 17.2 Å². The summed E-state index contributed by atoms with van der Waals surface area (Å²) in [7, 11) is -3.28. The van der Waals surface area contributed by atoms with Crippen LogP contribution in [0.15, 0.2) is 36.4 Å². The molecule has 2 aromatic carbocycles. The van der Waals surface area contributed by atoms with Crippen molar-refractivity contribution in [1.82, 2.24) is 9.21 Å². The van der Waals surface area contributed by atoms with E-state index in [4.69, 9.17) is 4.74 Å². The second kappa shape index (κ2) is 8.24. The Morgan fingerprint density at radius 2 is 1.80 bits per heavy atom. The number of hydrogen-bond donors (Lipinski definition) is 0. The summed E-state index contributed by atoms with van der Waals surface area (Å²) in [6.07, 6.45) is 3.05. The Morgan fingerprint density at radius 1 is 1.10 bits per heavy atom. The number of sulfonamides is 1. The largest absolute Gasteiger partial charge is 0.492 e. The molecule has 1 aliphatic heterocycles. The highest BCUT2D eigenvalue weighted by Gasteiger charge is 2.35. The minimum atomic E-state index is -3.28. The molecule has 0 aromatic heterocycles. The summed E-state index contributed by atoms with van der Waals surface area (Å²) in [4.78, 5) is 2.11. The first kappa shape index (κ1) is 21.2. The van der Waals surface area contributed by atoms with Crippen LogP contribution in [-0.4, -0.2) is 42.6 Å². The molecular weight excluding hydrogens is 410 g/mol. The maximum Gasteiger partial charge on any atom is 0.211 e. The fourth-order valence-corrected chi connectivity index (χ4v) is 5.03. The SMILES string of the molecule is C[C@H]1COc2ccc(CN(C3CC3)S(C)(=O)=O)cc2CN1Cc1cc(F)cc(F)c1. The maximum absolute atomic E-state index is 13.6. The van der Waals surface area contributed by atoms with Gasteiger partial charge in [0, 0.05) is 43.3 Å². The van der Waals surface area contributed by atoms with E-state index in [9.17, 15) is 17.2 Å². The average molecular weight is 437 g/mol. The zero-order chi connectivity index (χ0) is 21.5. The summed E-state index contributed by atoms with van der Waals surface area (Å²) in [5, 5.41) is 0. The van der Waals surface area contributed by atoms with Crippen molar-refractivity contribution in [3.05, 3.63) is 64.7 Å². The van der Waals surface area contributed by atoms with Gasteiger partial charge in [0.1, 0.15) is 24.0 Å². The topological polar surface area (TPSA) is 49.9 Å². The van der Waals surface area contributed by atoms with Crippen LogP contribution in [0.25, 0.3) is 0 Å². The minimum absolute atomic E-state index is 0.0474. The molecule has 8 heteroatoms. The zero-order valence-corrected chi connectivity index (χ0v) is 18.0. The van der Waals surface area contributed by atoms with Crippen LogP contribution in [0.2, 0.25) is 0 Å². The molecule has 1 atom stereocenters. The molecule has 5 nitrogen and oxygen atoms in total. The Balaban J connectivity index is 1.56. The first-order chi connectivity index (χ1) is 14.2. The Labute approximate surface area is 176 Å². The van der Waals surface area contributed by atoms with Gasteiger partial charge in [-0.2, -0.15) is 4.31 Å². The smallest absolute Gasteiger partial charge is 0.211 e. The summed E-state index contributed by atoms with van der Waals surface area (Å²) in [6.45, 7) is 3.75. The molecule has 0 saturated heterocycles. The van der Waals surface area contributed by atoms with Crippen molar-refractivity contribution in [3.63, 3.8) is 0 Å². The third-order valence-corrected chi connectivity index (χ3v) is 6.91. The van der Waals surface area contributed by atoms with Gasteiger partial charge >= 0.3 is 0 Å². The van der Waals surface area contributed by atoms with E-state index in [1.165, 1.54) is 18.4 Å². The van der Waals surface area contributed by atoms with Crippen molar-refractivity contribution in [2.75, 3.05) is 12.9 Å². The van der Waals surface area contributed by atoms with E-state index in [-0.39, 0.29) is 12.1 Å². The lowest BCUT2D eigenvalue weighted by Crippen LogP contribution is -2.34. The monoisotopic (exact) mass is 436 g/mol. The standard InChI is InChI=1S/C22H26F2N2O3S/c1-15-14-29-22-6-3-16(12-26(21-4-5-21)30(2,27)28)7-18(22)13-25(15)11-17-8-19(23)10-20(24)9-17/h3,6-10,15,21H,4-5,11-14H2,1-2H3/t15-/m0/s1. The van der Waals surface area contributed by atoms with E-state index in [1.807, 2.05) is 25.1 Å². The van der Waals surface area contributed by atoms with Gasteiger partial charge in [-0.1, -0.05) is 6.07 Å². The third-order valence-electron chi connectivity index (χ3n) is 5.63. The van der Waals surface area contributed by atoms with Crippen molar-refractivity contribution in [2.24, 2.45) is 0 Å². The summed E-state index contributed by atoms with van der Waals surface area (Å²) >= 11 is 0. The molecule has 0 amide bonds. The molecule has 1 fully saturated rings. The Hall–Kier alpha value is -2.03. The van der Waals surface area contributed by atoms with Crippen LogP contribution in [0.3, 0.4) is 0 Å². The van der Waals surface area contributed by atoms with Gasteiger partial charge in [0.15, 0.2) is 0 Å². The molecule has 2 aliphatic rings. The average Bonchev–Trinajstić information content (AvgIpc) is 3.48. The maximum atomic E-state index is 13.6. The highest BCUT2D eigenvalue weighted by atomic mass is 32.2. The Bertz CT molecular complexity index is 1020. The molecule has 0 N–H and O–H groups in total. The van der Waals surface area contributed by atoms with Crippen LogP contribution in [0.4, 0.5) is 8.78 Å². The van der Waals surface area contributed by atoms with Gasteiger partial charge in [-0.3, -0.25) is 4.90 Å². The van der Waals surface area contributed by atoms with Crippen LogP contribution in [-0.2, 0) is 29.7 Å². The molecule has 1 saturated carbocycles. The predicted molar refractivity (Wildman–Crippen MR) is 110 cm³/mol. The first-order valence-corrected chi connectivity index (χ1v) is 11.9. The van der Waals surface area contributed by atoms with Gasteiger partial charge in [-0.05, 0) is 55.2 Å². The zero-order valence-electron chi connectivity index (χ0n) is 17.1. The quantitative estimate of drug-likeness (QED) is 0.693. The van der Waals surface area contributed by atoms with Gasteiger partial charge in [0.2, 0.25) is 10.0 Å². The molecule has 162 valence electrons. The predicted octanol–water partition coefficient (Wildman–Crippen LogP) is 3.67. The number of ether oxygens (including phenoxy) is 1. The number of benzene rings is 2. The molecule has 0 spiro atoms. The highest BCUT2D eigenvalue weighted by molar-refractivity contribution is 7.88. The van der Waals surface area contributed by atoms with Crippen LogP contribution < -0.4 is 4.74 Å². The van der Waals surface area contributed by atoms with Crippen LogP contribution >= 0.6 is 0 Å². The first-order valence-electron chi connectivity index (χ1n) is 10.1. The third kappa shape index (κ3) is 4.99. The second-order valence-electron chi connectivity index (χ2n) is 8.32. The second-order valence-corrected chi connectivity index (χ2v) is 10.3. The summed E-state index contributed by atoms with van der Waals surface area (Å²) in [5.41, 5.74) is 2.41. The fraction of sp³-hybridized carbons (Fsp3) is 0.455. The molecule has 0 bridgehead atoms. The number of fused-ring (bicyclic) bond motifs is 1.